The standard InChI is InChI=1S/C19H22N2O3/c1-14-6-3-8-17(21-14)13-20-19(23)10-5-11-24-18-9-4-7-16(12-18)15(2)22/h3-4,6-9,12H,5,10-11,13H2,1-2H3,(H,20,23). The van der Waals surface area contributed by atoms with E-state index < -0.39 is 0 Å². The van der Waals surface area contributed by atoms with E-state index in [9.17, 15) is 9.59 Å². The third-order valence-corrected chi connectivity index (χ3v) is 3.47. The topological polar surface area (TPSA) is 68.3 Å². The van der Waals surface area contributed by atoms with E-state index in [1.165, 1.54) is 6.92 Å². The molecule has 0 saturated heterocycles. The van der Waals surface area contributed by atoms with E-state index >= 15 is 0 Å². The first-order chi connectivity index (χ1) is 11.5. The van der Waals surface area contributed by atoms with Crippen LogP contribution in [0.4, 0.5) is 0 Å². The van der Waals surface area contributed by atoms with Crippen LogP contribution < -0.4 is 10.1 Å². The Hall–Kier alpha value is -2.69. The Morgan fingerprint density at radius 3 is 2.71 bits per heavy atom. The number of carbonyl (C=O) groups excluding carboxylic acids is 2. The minimum atomic E-state index is -0.0283. The Kier molecular flexibility index (Phi) is 6.49. The summed E-state index contributed by atoms with van der Waals surface area (Å²) < 4.78 is 5.58. The summed E-state index contributed by atoms with van der Waals surface area (Å²) in [5, 5.41) is 2.85. The lowest BCUT2D eigenvalue weighted by molar-refractivity contribution is -0.121. The molecule has 1 amide bonds. The highest BCUT2D eigenvalue weighted by atomic mass is 16.5. The lowest BCUT2D eigenvalue weighted by atomic mass is 10.1. The normalized spacial score (nSPS) is 10.2. The molecule has 2 aromatic rings. The zero-order chi connectivity index (χ0) is 17.4. The van der Waals surface area contributed by atoms with Gasteiger partial charge in [0.1, 0.15) is 5.75 Å². The summed E-state index contributed by atoms with van der Waals surface area (Å²) in [5.41, 5.74) is 2.40. The van der Waals surface area contributed by atoms with Crippen LogP contribution in [-0.4, -0.2) is 23.3 Å². The number of nitrogens with one attached hydrogen (secondary N) is 1. The number of rotatable bonds is 8. The zero-order valence-electron chi connectivity index (χ0n) is 14.0. The molecule has 0 aliphatic rings. The van der Waals surface area contributed by atoms with Gasteiger partial charge in [-0.1, -0.05) is 18.2 Å². The number of ketones is 1. The Bertz CT molecular complexity index is 713. The minimum absolute atomic E-state index is 0.00425. The molecule has 0 fully saturated rings. The first-order valence-corrected chi connectivity index (χ1v) is 7.97. The molecular formula is C19H22N2O3. The number of pyridine rings is 1. The largest absolute Gasteiger partial charge is 0.494 e. The Labute approximate surface area is 142 Å². The Morgan fingerprint density at radius 2 is 1.96 bits per heavy atom. The molecule has 0 atom stereocenters. The van der Waals surface area contributed by atoms with Crippen molar-refractivity contribution in [1.82, 2.24) is 10.3 Å². The molecule has 2 rings (SSSR count). The van der Waals surface area contributed by atoms with Crippen molar-refractivity contribution in [3.63, 3.8) is 0 Å². The molecule has 126 valence electrons. The highest BCUT2D eigenvalue weighted by molar-refractivity contribution is 5.94. The van der Waals surface area contributed by atoms with Gasteiger partial charge in [-0.2, -0.15) is 0 Å². The van der Waals surface area contributed by atoms with Crippen LogP contribution in [0.3, 0.4) is 0 Å². The van der Waals surface area contributed by atoms with Gasteiger partial charge in [0.05, 0.1) is 18.8 Å². The molecule has 1 aromatic carbocycles. The predicted octanol–water partition coefficient (Wildman–Crippen LogP) is 3.07. The quantitative estimate of drug-likeness (QED) is 0.598. The summed E-state index contributed by atoms with van der Waals surface area (Å²) in [4.78, 5) is 27.5. The second-order valence-corrected chi connectivity index (χ2v) is 5.58. The summed E-state index contributed by atoms with van der Waals surface area (Å²) >= 11 is 0. The van der Waals surface area contributed by atoms with Gasteiger partial charge in [0.25, 0.3) is 0 Å². The molecule has 0 aliphatic heterocycles. The van der Waals surface area contributed by atoms with Crippen LogP contribution in [0.2, 0.25) is 0 Å². The van der Waals surface area contributed by atoms with E-state index in [0.29, 0.717) is 37.3 Å². The Balaban J connectivity index is 1.67. The van der Waals surface area contributed by atoms with Crippen LogP contribution >= 0.6 is 0 Å². The van der Waals surface area contributed by atoms with E-state index in [2.05, 4.69) is 10.3 Å². The Morgan fingerprint density at radius 1 is 1.17 bits per heavy atom. The van der Waals surface area contributed by atoms with Crippen LogP contribution in [0.1, 0.15) is 41.5 Å². The molecule has 0 radical (unpaired) electrons. The van der Waals surface area contributed by atoms with Crippen molar-refractivity contribution in [3.8, 4) is 5.75 Å². The van der Waals surface area contributed by atoms with Crippen LogP contribution in [0.5, 0.6) is 5.75 Å². The van der Waals surface area contributed by atoms with Gasteiger partial charge in [-0.05, 0) is 44.5 Å². The van der Waals surface area contributed by atoms with Crippen molar-refractivity contribution in [3.05, 3.63) is 59.4 Å². The van der Waals surface area contributed by atoms with Crippen LogP contribution in [0.25, 0.3) is 0 Å². The van der Waals surface area contributed by atoms with E-state index in [1.54, 1.807) is 24.3 Å². The fourth-order valence-corrected chi connectivity index (χ4v) is 2.20. The van der Waals surface area contributed by atoms with Crippen molar-refractivity contribution >= 4 is 11.7 Å². The number of aryl methyl sites for hydroxylation is 1. The average molecular weight is 326 g/mol. The molecule has 24 heavy (non-hydrogen) atoms. The second-order valence-electron chi connectivity index (χ2n) is 5.58. The van der Waals surface area contributed by atoms with E-state index in [-0.39, 0.29) is 11.7 Å². The third kappa shape index (κ3) is 5.83. The number of nitrogens with zero attached hydrogens (tertiary/aromatic N) is 1. The molecule has 0 saturated carbocycles. The number of aromatic nitrogens is 1. The van der Waals surface area contributed by atoms with Crippen LogP contribution in [-0.2, 0) is 11.3 Å². The zero-order valence-corrected chi connectivity index (χ0v) is 14.0. The molecule has 0 bridgehead atoms. The van der Waals surface area contributed by atoms with Crippen molar-refractivity contribution < 1.29 is 14.3 Å². The van der Waals surface area contributed by atoms with Crippen molar-refractivity contribution in [2.75, 3.05) is 6.61 Å². The SMILES string of the molecule is CC(=O)c1cccc(OCCCC(=O)NCc2cccc(C)n2)c1. The fourth-order valence-electron chi connectivity index (χ4n) is 2.20. The van der Waals surface area contributed by atoms with Gasteiger partial charge in [0.15, 0.2) is 5.78 Å². The van der Waals surface area contributed by atoms with Gasteiger partial charge in [-0.25, -0.2) is 0 Å². The van der Waals surface area contributed by atoms with Gasteiger partial charge in [0.2, 0.25) is 5.91 Å². The smallest absolute Gasteiger partial charge is 0.220 e. The molecule has 0 aliphatic carbocycles. The molecule has 5 heteroatoms. The number of hydrogen-bond donors (Lipinski definition) is 1. The first-order valence-electron chi connectivity index (χ1n) is 7.97. The number of hydrogen-bond acceptors (Lipinski definition) is 4. The molecular weight excluding hydrogens is 304 g/mol. The van der Waals surface area contributed by atoms with E-state index in [1.807, 2.05) is 25.1 Å². The van der Waals surface area contributed by atoms with Crippen LogP contribution in [0, 0.1) is 6.92 Å². The highest BCUT2D eigenvalue weighted by Crippen LogP contribution is 2.14. The lowest BCUT2D eigenvalue weighted by Crippen LogP contribution is -2.23. The number of Topliss-reactive ketones (excluding diaryl/α,β-unsaturated/α-hetero) is 1. The first kappa shape index (κ1) is 17.7. The molecule has 1 heterocycles. The maximum Gasteiger partial charge on any atom is 0.220 e. The summed E-state index contributed by atoms with van der Waals surface area (Å²) in [6.07, 6.45) is 0.996. The highest BCUT2D eigenvalue weighted by Gasteiger charge is 2.04. The third-order valence-electron chi connectivity index (χ3n) is 3.47. The van der Waals surface area contributed by atoms with Gasteiger partial charge >= 0.3 is 0 Å². The maximum absolute atomic E-state index is 11.8. The van der Waals surface area contributed by atoms with E-state index in [0.717, 1.165) is 11.4 Å². The van der Waals surface area contributed by atoms with Crippen molar-refractivity contribution in [1.29, 1.82) is 0 Å². The summed E-state index contributed by atoms with van der Waals surface area (Å²) in [5.74, 6) is 0.621. The fraction of sp³-hybridized carbons (Fsp3) is 0.316. The predicted molar refractivity (Wildman–Crippen MR) is 92.0 cm³/mol. The monoisotopic (exact) mass is 326 g/mol. The van der Waals surface area contributed by atoms with Gasteiger partial charge in [0, 0.05) is 17.7 Å². The van der Waals surface area contributed by atoms with Gasteiger partial charge in [-0.15, -0.1) is 0 Å². The van der Waals surface area contributed by atoms with E-state index in [4.69, 9.17) is 4.74 Å². The molecule has 1 aromatic heterocycles. The average Bonchev–Trinajstić information content (AvgIpc) is 2.57. The van der Waals surface area contributed by atoms with Crippen LogP contribution in [0.15, 0.2) is 42.5 Å². The number of benzene rings is 1. The lowest BCUT2D eigenvalue weighted by Gasteiger charge is -2.08. The minimum Gasteiger partial charge on any atom is -0.494 e. The van der Waals surface area contributed by atoms with Crippen molar-refractivity contribution in [2.24, 2.45) is 0 Å². The molecule has 0 unspecified atom stereocenters. The maximum atomic E-state index is 11.8. The number of ether oxygens (including phenoxy) is 1. The van der Waals surface area contributed by atoms with Gasteiger partial charge in [-0.3, -0.25) is 14.6 Å². The van der Waals surface area contributed by atoms with Gasteiger partial charge < -0.3 is 10.1 Å². The molecule has 5 nitrogen and oxygen atoms in total. The summed E-state index contributed by atoms with van der Waals surface area (Å²) in [6, 6.07) is 12.8. The summed E-state index contributed by atoms with van der Waals surface area (Å²) in [7, 11) is 0. The number of amides is 1. The summed E-state index contributed by atoms with van der Waals surface area (Å²) in [6.45, 7) is 4.30. The van der Waals surface area contributed by atoms with Crippen molar-refractivity contribution in [2.45, 2.75) is 33.2 Å². The molecule has 1 N–H and O–H groups in total. The second kappa shape index (κ2) is 8.82. The number of carbonyl (C=O) groups is 2. The molecule has 0 spiro atoms.